The summed E-state index contributed by atoms with van der Waals surface area (Å²) in [5.41, 5.74) is -0.533. The number of nitrogens with zero attached hydrogens (tertiary/aromatic N) is 1. The fraction of sp³-hybridized carbons (Fsp3) is 0.611. The number of alkyl halides is 3. The summed E-state index contributed by atoms with van der Waals surface area (Å²) in [7, 11) is 0. The minimum atomic E-state index is -4.77. The Morgan fingerprint density at radius 2 is 1.85 bits per heavy atom. The van der Waals surface area contributed by atoms with E-state index >= 15 is 0 Å². The Hall–Kier alpha value is -1.64. The molecule has 0 spiro atoms. The standard InChI is InChI=1S/C18H23BrF3NO4/c1-17(2,3)27-16(24)23-8-6-12(7-9-23)11-25-13-4-5-14(19)15(10-13)26-18(20,21)22/h4-5,10,12H,6-9,11H2,1-3H3. The van der Waals surface area contributed by atoms with Gasteiger partial charge in [0.1, 0.15) is 17.1 Å². The van der Waals surface area contributed by atoms with E-state index in [-0.39, 0.29) is 22.2 Å². The molecule has 0 aromatic heterocycles. The van der Waals surface area contributed by atoms with E-state index in [2.05, 4.69) is 20.7 Å². The van der Waals surface area contributed by atoms with E-state index in [1.54, 1.807) is 11.0 Å². The molecule has 1 aromatic carbocycles. The lowest BCUT2D eigenvalue weighted by atomic mass is 9.98. The number of hydrogen-bond acceptors (Lipinski definition) is 4. The number of amides is 1. The second-order valence-corrected chi connectivity index (χ2v) is 8.22. The van der Waals surface area contributed by atoms with Crippen LogP contribution < -0.4 is 9.47 Å². The van der Waals surface area contributed by atoms with Crippen molar-refractivity contribution >= 4 is 22.0 Å². The maximum absolute atomic E-state index is 12.4. The van der Waals surface area contributed by atoms with E-state index in [0.717, 1.165) is 12.8 Å². The van der Waals surface area contributed by atoms with Gasteiger partial charge in [0.2, 0.25) is 0 Å². The average Bonchev–Trinajstić information content (AvgIpc) is 2.53. The second kappa shape index (κ2) is 8.58. The molecular formula is C18H23BrF3NO4. The van der Waals surface area contributed by atoms with E-state index in [0.29, 0.717) is 25.4 Å². The number of rotatable bonds is 4. The zero-order valence-corrected chi connectivity index (χ0v) is 17.0. The molecule has 152 valence electrons. The molecule has 0 unspecified atom stereocenters. The van der Waals surface area contributed by atoms with Crippen molar-refractivity contribution in [3.63, 3.8) is 0 Å². The Bertz CT molecular complexity index is 653. The predicted molar refractivity (Wildman–Crippen MR) is 96.9 cm³/mol. The maximum atomic E-state index is 12.4. The summed E-state index contributed by atoms with van der Waals surface area (Å²) in [5, 5.41) is 0. The van der Waals surface area contributed by atoms with E-state index in [1.165, 1.54) is 12.1 Å². The largest absolute Gasteiger partial charge is 0.573 e. The fourth-order valence-electron chi connectivity index (χ4n) is 2.60. The van der Waals surface area contributed by atoms with Gasteiger partial charge in [-0.05, 0) is 67.6 Å². The van der Waals surface area contributed by atoms with Gasteiger partial charge in [-0.1, -0.05) is 0 Å². The monoisotopic (exact) mass is 453 g/mol. The van der Waals surface area contributed by atoms with Gasteiger partial charge in [-0.3, -0.25) is 0 Å². The SMILES string of the molecule is CC(C)(C)OC(=O)N1CCC(COc2ccc(Br)c(OC(F)(F)F)c2)CC1. The summed E-state index contributed by atoms with van der Waals surface area (Å²) in [4.78, 5) is 13.7. The lowest BCUT2D eigenvalue weighted by Crippen LogP contribution is -2.42. The van der Waals surface area contributed by atoms with Crippen LogP contribution in [0.4, 0.5) is 18.0 Å². The Morgan fingerprint density at radius 3 is 2.41 bits per heavy atom. The third kappa shape index (κ3) is 7.48. The molecule has 1 amide bonds. The number of piperidine rings is 1. The van der Waals surface area contributed by atoms with Crippen molar-refractivity contribution in [2.75, 3.05) is 19.7 Å². The molecule has 2 rings (SSSR count). The quantitative estimate of drug-likeness (QED) is 0.614. The number of benzene rings is 1. The van der Waals surface area contributed by atoms with Gasteiger partial charge in [-0.2, -0.15) is 0 Å². The van der Waals surface area contributed by atoms with Gasteiger partial charge in [0.05, 0.1) is 11.1 Å². The van der Waals surface area contributed by atoms with Gasteiger partial charge in [0.25, 0.3) is 0 Å². The van der Waals surface area contributed by atoms with Gasteiger partial charge in [0, 0.05) is 19.2 Å². The van der Waals surface area contributed by atoms with Gasteiger partial charge in [-0.25, -0.2) is 4.79 Å². The third-order valence-electron chi connectivity index (χ3n) is 3.88. The summed E-state index contributed by atoms with van der Waals surface area (Å²) in [6.45, 7) is 6.94. The highest BCUT2D eigenvalue weighted by molar-refractivity contribution is 9.10. The van der Waals surface area contributed by atoms with E-state index in [1.807, 2.05) is 20.8 Å². The first-order valence-electron chi connectivity index (χ1n) is 8.59. The highest BCUT2D eigenvalue weighted by Crippen LogP contribution is 2.34. The number of ether oxygens (including phenoxy) is 3. The molecule has 1 saturated heterocycles. The normalized spacial score (nSPS) is 16.2. The van der Waals surface area contributed by atoms with Crippen LogP contribution in [-0.4, -0.2) is 42.7 Å². The Balaban J connectivity index is 1.83. The molecule has 0 bridgehead atoms. The number of hydrogen-bond donors (Lipinski definition) is 0. The Morgan fingerprint density at radius 1 is 1.22 bits per heavy atom. The molecule has 0 aliphatic carbocycles. The summed E-state index contributed by atoms with van der Waals surface area (Å²) in [6.07, 6.45) is -3.62. The molecule has 1 aliphatic rings. The first-order valence-corrected chi connectivity index (χ1v) is 9.38. The topological polar surface area (TPSA) is 48.0 Å². The third-order valence-corrected chi connectivity index (χ3v) is 4.54. The number of carbonyl (C=O) groups excluding carboxylic acids is 1. The molecule has 0 atom stereocenters. The molecule has 1 aliphatic heterocycles. The van der Waals surface area contributed by atoms with Gasteiger partial charge >= 0.3 is 12.5 Å². The van der Waals surface area contributed by atoms with Crippen LogP contribution in [0.1, 0.15) is 33.6 Å². The molecule has 0 radical (unpaired) electrons. The van der Waals surface area contributed by atoms with Crippen molar-refractivity contribution in [1.29, 1.82) is 0 Å². The summed E-state index contributed by atoms with van der Waals surface area (Å²) in [5.74, 6) is 0.158. The maximum Gasteiger partial charge on any atom is 0.573 e. The lowest BCUT2D eigenvalue weighted by Gasteiger charge is -2.33. The first-order chi connectivity index (χ1) is 12.4. The predicted octanol–water partition coefficient (Wildman–Crippen LogP) is 5.37. The van der Waals surface area contributed by atoms with Crippen molar-refractivity contribution in [2.24, 2.45) is 5.92 Å². The highest BCUT2D eigenvalue weighted by atomic mass is 79.9. The van der Waals surface area contributed by atoms with Gasteiger partial charge in [-0.15, -0.1) is 13.2 Å². The second-order valence-electron chi connectivity index (χ2n) is 7.36. The molecule has 9 heteroatoms. The Labute approximate surface area is 164 Å². The minimum absolute atomic E-state index is 0.192. The van der Waals surface area contributed by atoms with Crippen LogP contribution in [0, 0.1) is 5.92 Å². The smallest absolute Gasteiger partial charge is 0.493 e. The van der Waals surface area contributed by atoms with Crippen molar-refractivity contribution in [3.8, 4) is 11.5 Å². The van der Waals surface area contributed by atoms with Crippen molar-refractivity contribution in [2.45, 2.75) is 45.6 Å². The van der Waals surface area contributed by atoms with Crippen molar-refractivity contribution in [3.05, 3.63) is 22.7 Å². The number of carbonyl (C=O) groups is 1. The number of halogens is 4. The van der Waals surface area contributed by atoms with Crippen LogP contribution in [0.25, 0.3) is 0 Å². The fourth-order valence-corrected chi connectivity index (χ4v) is 2.93. The lowest BCUT2D eigenvalue weighted by molar-refractivity contribution is -0.274. The molecule has 1 heterocycles. The molecular weight excluding hydrogens is 431 g/mol. The van der Waals surface area contributed by atoms with E-state index in [4.69, 9.17) is 9.47 Å². The van der Waals surface area contributed by atoms with Crippen LogP contribution in [0.15, 0.2) is 22.7 Å². The summed E-state index contributed by atoms with van der Waals surface area (Å²) < 4.78 is 52.4. The van der Waals surface area contributed by atoms with Crippen LogP contribution in [0.2, 0.25) is 0 Å². The summed E-state index contributed by atoms with van der Waals surface area (Å²) >= 11 is 3.02. The molecule has 1 fully saturated rings. The van der Waals surface area contributed by atoms with Crippen molar-refractivity contribution in [1.82, 2.24) is 4.90 Å². The van der Waals surface area contributed by atoms with E-state index < -0.39 is 12.0 Å². The minimum Gasteiger partial charge on any atom is -0.493 e. The summed E-state index contributed by atoms with van der Waals surface area (Å²) in [6, 6.07) is 4.22. The van der Waals surface area contributed by atoms with Crippen LogP contribution >= 0.6 is 15.9 Å². The van der Waals surface area contributed by atoms with Gasteiger partial charge < -0.3 is 19.1 Å². The molecule has 0 N–H and O–H groups in total. The molecule has 5 nitrogen and oxygen atoms in total. The van der Waals surface area contributed by atoms with Crippen LogP contribution in [-0.2, 0) is 4.74 Å². The zero-order valence-electron chi connectivity index (χ0n) is 15.4. The van der Waals surface area contributed by atoms with Crippen molar-refractivity contribution < 1.29 is 32.2 Å². The molecule has 1 aromatic rings. The van der Waals surface area contributed by atoms with E-state index in [9.17, 15) is 18.0 Å². The zero-order chi connectivity index (χ0) is 20.2. The van der Waals surface area contributed by atoms with Gasteiger partial charge in [0.15, 0.2) is 0 Å². The van der Waals surface area contributed by atoms with Crippen LogP contribution in [0.5, 0.6) is 11.5 Å². The molecule has 0 saturated carbocycles. The average molecular weight is 454 g/mol. The van der Waals surface area contributed by atoms with Crippen LogP contribution in [0.3, 0.4) is 0 Å². The first kappa shape index (κ1) is 21.7. The Kier molecular flexibility index (Phi) is 6.88. The molecule has 27 heavy (non-hydrogen) atoms. The highest BCUT2D eigenvalue weighted by Gasteiger charge is 2.32. The number of likely N-dealkylation sites (tertiary alicyclic amines) is 1.